The van der Waals surface area contributed by atoms with Gasteiger partial charge >= 0.3 is 5.97 Å². The molecule has 0 spiro atoms. The molecule has 0 aliphatic heterocycles. The van der Waals surface area contributed by atoms with Crippen LogP contribution in [0.2, 0.25) is 0 Å². The minimum atomic E-state index is -0.810. The minimum Gasteiger partial charge on any atom is -0.493 e. The molecule has 8 heteroatoms. The van der Waals surface area contributed by atoms with Gasteiger partial charge in [0.15, 0.2) is 18.1 Å². The van der Waals surface area contributed by atoms with Gasteiger partial charge in [0.2, 0.25) is 5.91 Å². The van der Waals surface area contributed by atoms with Gasteiger partial charge in [-0.1, -0.05) is 36.4 Å². The van der Waals surface area contributed by atoms with E-state index in [0.29, 0.717) is 17.1 Å². The molecule has 0 radical (unpaired) electrons. The predicted molar refractivity (Wildman–Crippen MR) is 111 cm³/mol. The lowest BCUT2D eigenvalue weighted by Crippen LogP contribution is -2.31. The fraction of sp³-hybridized carbons (Fsp3) is 0.227. The van der Waals surface area contributed by atoms with Crippen LogP contribution in [0.4, 0.5) is 0 Å². The van der Waals surface area contributed by atoms with Crippen molar-refractivity contribution >= 4 is 23.9 Å². The molecule has 0 atom stereocenters. The van der Waals surface area contributed by atoms with Crippen LogP contribution in [0.15, 0.2) is 54.2 Å². The molecule has 0 aromatic heterocycles. The average Bonchev–Trinajstić information content (AvgIpc) is 2.75. The van der Waals surface area contributed by atoms with E-state index >= 15 is 0 Å². The van der Waals surface area contributed by atoms with Gasteiger partial charge in [0.25, 0.3) is 5.91 Å². The summed E-state index contributed by atoms with van der Waals surface area (Å²) in [5.74, 6) is -0.596. The number of ether oxygens (including phenoxy) is 3. The summed E-state index contributed by atoms with van der Waals surface area (Å²) >= 11 is 0. The number of amides is 2. The van der Waals surface area contributed by atoms with E-state index in [9.17, 15) is 14.4 Å². The molecule has 8 nitrogen and oxygen atoms in total. The zero-order valence-electron chi connectivity index (χ0n) is 17.1. The van der Waals surface area contributed by atoms with Gasteiger partial charge < -0.3 is 24.8 Å². The number of carbonyl (C=O) groups is 3. The highest BCUT2D eigenvalue weighted by Gasteiger charge is 2.15. The van der Waals surface area contributed by atoms with Crippen molar-refractivity contribution in [3.63, 3.8) is 0 Å². The van der Waals surface area contributed by atoms with Crippen LogP contribution in [-0.4, -0.2) is 38.6 Å². The molecule has 2 aromatic carbocycles. The number of rotatable bonds is 9. The Kier molecular flexibility index (Phi) is 8.43. The second-order valence-corrected chi connectivity index (χ2v) is 6.19. The first-order chi connectivity index (χ1) is 14.4. The van der Waals surface area contributed by atoms with E-state index < -0.39 is 24.4 Å². The summed E-state index contributed by atoms with van der Waals surface area (Å²) in [6, 6.07) is 14.2. The third kappa shape index (κ3) is 6.97. The van der Waals surface area contributed by atoms with E-state index in [4.69, 9.17) is 14.2 Å². The molecule has 0 bridgehead atoms. The predicted octanol–water partition coefficient (Wildman–Crippen LogP) is 2.04. The van der Waals surface area contributed by atoms with Crippen molar-refractivity contribution in [2.45, 2.75) is 13.5 Å². The first-order valence-corrected chi connectivity index (χ1v) is 9.12. The van der Waals surface area contributed by atoms with Gasteiger partial charge in [-0.15, -0.1) is 0 Å². The summed E-state index contributed by atoms with van der Waals surface area (Å²) in [6.07, 6.45) is 1.48. The summed E-state index contributed by atoms with van der Waals surface area (Å²) in [5.41, 5.74) is 1.44. The standard InChI is InChI=1S/C22H24N2O6/c1-15(25)24-18(11-16-7-5-4-6-8-16)22(27)30-14-21(26)23-13-17-9-10-19(28-2)20(12-17)29-3/h4-12H,13-14H2,1-3H3,(H,23,26)(H,24,25)/b18-11+. The van der Waals surface area contributed by atoms with Gasteiger partial charge in [0.1, 0.15) is 5.70 Å². The van der Waals surface area contributed by atoms with Gasteiger partial charge in [-0.3, -0.25) is 9.59 Å². The molecule has 0 fully saturated rings. The molecular weight excluding hydrogens is 388 g/mol. The van der Waals surface area contributed by atoms with Crippen LogP contribution in [0.25, 0.3) is 6.08 Å². The number of nitrogens with one attached hydrogen (secondary N) is 2. The zero-order valence-corrected chi connectivity index (χ0v) is 17.1. The number of hydrogen-bond donors (Lipinski definition) is 2. The molecule has 0 heterocycles. The van der Waals surface area contributed by atoms with Gasteiger partial charge in [-0.2, -0.15) is 0 Å². The fourth-order valence-electron chi connectivity index (χ4n) is 2.50. The van der Waals surface area contributed by atoms with Crippen molar-refractivity contribution < 1.29 is 28.6 Å². The van der Waals surface area contributed by atoms with Crippen LogP contribution >= 0.6 is 0 Å². The Labute approximate surface area is 174 Å². The molecule has 0 saturated heterocycles. The van der Waals surface area contributed by atoms with Crippen molar-refractivity contribution in [3.8, 4) is 11.5 Å². The van der Waals surface area contributed by atoms with Gasteiger partial charge in [0.05, 0.1) is 14.2 Å². The minimum absolute atomic E-state index is 0.0543. The van der Waals surface area contributed by atoms with E-state index in [1.54, 1.807) is 42.5 Å². The molecule has 2 aromatic rings. The van der Waals surface area contributed by atoms with Crippen molar-refractivity contribution in [2.75, 3.05) is 20.8 Å². The van der Waals surface area contributed by atoms with E-state index in [1.807, 2.05) is 6.07 Å². The summed E-state index contributed by atoms with van der Waals surface area (Å²) in [6.45, 7) is 1.01. The Morgan fingerprint density at radius 1 is 0.967 bits per heavy atom. The summed E-state index contributed by atoms with van der Waals surface area (Å²) in [5, 5.41) is 5.08. The van der Waals surface area contributed by atoms with Crippen molar-refractivity contribution in [1.82, 2.24) is 10.6 Å². The summed E-state index contributed by atoms with van der Waals surface area (Å²) < 4.78 is 15.4. The molecule has 0 aliphatic carbocycles. The van der Waals surface area contributed by atoms with Gasteiger partial charge in [0, 0.05) is 13.5 Å². The van der Waals surface area contributed by atoms with E-state index in [2.05, 4.69) is 10.6 Å². The molecule has 2 rings (SSSR count). The van der Waals surface area contributed by atoms with E-state index in [-0.39, 0.29) is 12.2 Å². The average molecular weight is 412 g/mol. The highest BCUT2D eigenvalue weighted by atomic mass is 16.5. The smallest absolute Gasteiger partial charge is 0.355 e. The number of benzene rings is 2. The molecule has 0 unspecified atom stereocenters. The Balaban J connectivity index is 1.92. The Morgan fingerprint density at radius 2 is 1.67 bits per heavy atom. The van der Waals surface area contributed by atoms with E-state index in [1.165, 1.54) is 27.2 Å². The topological polar surface area (TPSA) is 103 Å². The first kappa shape index (κ1) is 22.5. The summed E-state index contributed by atoms with van der Waals surface area (Å²) in [7, 11) is 3.06. The van der Waals surface area contributed by atoms with Crippen molar-refractivity contribution in [3.05, 3.63) is 65.4 Å². The molecular formula is C22H24N2O6. The largest absolute Gasteiger partial charge is 0.493 e. The highest BCUT2D eigenvalue weighted by molar-refractivity contribution is 5.98. The Bertz CT molecular complexity index is 924. The van der Waals surface area contributed by atoms with Gasteiger partial charge in [-0.25, -0.2) is 4.79 Å². The van der Waals surface area contributed by atoms with Crippen LogP contribution in [0.1, 0.15) is 18.1 Å². The number of esters is 1. The Hall–Kier alpha value is -3.81. The van der Waals surface area contributed by atoms with Crippen LogP contribution in [0.5, 0.6) is 11.5 Å². The third-order valence-electron chi connectivity index (χ3n) is 3.91. The van der Waals surface area contributed by atoms with Crippen LogP contribution in [-0.2, 0) is 25.7 Å². The molecule has 2 N–H and O–H groups in total. The lowest BCUT2D eigenvalue weighted by molar-refractivity contribution is -0.145. The maximum atomic E-state index is 12.3. The van der Waals surface area contributed by atoms with E-state index in [0.717, 1.165) is 5.56 Å². The number of methoxy groups -OCH3 is 2. The number of carbonyl (C=O) groups excluding carboxylic acids is 3. The second-order valence-electron chi connectivity index (χ2n) is 6.19. The Morgan fingerprint density at radius 3 is 2.30 bits per heavy atom. The fourth-order valence-corrected chi connectivity index (χ4v) is 2.50. The number of hydrogen-bond acceptors (Lipinski definition) is 6. The van der Waals surface area contributed by atoms with Crippen molar-refractivity contribution in [1.29, 1.82) is 0 Å². The SMILES string of the molecule is COc1ccc(CNC(=O)COC(=O)/C(=C\c2ccccc2)NC(C)=O)cc1OC. The monoisotopic (exact) mass is 412 g/mol. The normalized spacial score (nSPS) is 10.7. The lowest BCUT2D eigenvalue weighted by Gasteiger charge is -2.11. The third-order valence-corrected chi connectivity index (χ3v) is 3.91. The maximum Gasteiger partial charge on any atom is 0.355 e. The van der Waals surface area contributed by atoms with Crippen LogP contribution in [0, 0.1) is 0 Å². The van der Waals surface area contributed by atoms with Crippen molar-refractivity contribution in [2.24, 2.45) is 0 Å². The molecule has 0 saturated carbocycles. The first-order valence-electron chi connectivity index (χ1n) is 9.12. The second kappa shape index (κ2) is 11.3. The lowest BCUT2D eigenvalue weighted by atomic mass is 10.2. The molecule has 158 valence electrons. The molecule has 2 amide bonds. The summed E-state index contributed by atoms with van der Waals surface area (Å²) in [4.78, 5) is 35.7. The quantitative estimate of drug-likeness (QED) is 0.483. The van der Waals surface area contributed by atoms with Crippen LogP contribution in [0.3, 0.4) is 0 Å². The van der Waals surface area contributed by atoms with Gasteiger partial charge in [-0.05, 0) is 29.3 Å². The molecule has 30 heavy (non-hydrogen) atoms. The highest BCUT2D eigenvalue weighted by Crippen LogP contribution is 2.27. The zero-order chi connectivity index (χ0) is 21.9. The van der Waals surface area contributed by atoms with Crippen LogP contribution < -0.4 is 20.1 Å². The maximum absolute atomic E-state index is 12.3. The molecule has 0 aliphatic rings.